The van der Waals surface area contributed by atoms with Crippen molar-refractivity contribution in [3.63, 3.8) is 0 Å². The van der Waals surface area contributed by atoms with Gasteiger partial charge in [-0.25, -0.2) is 4.79 Å². The normalized spacial score (nSPS) is 12.7. The molecule has 1 aromatic heterocycles. The van der Waals surface area contributed by atoms with E-state index < -0.39 is 18.2 Å². The number of amides is 2. The smallest absolute Gasteiger partial charge is 0.340 e. The standard InChI is InChI=1S/C14H15F3N4O2/c1-9-19-12(21-23-9)8-18-13(22)20-11(14(15,16)17)7-10-5-3-2-4-6-10/h2-6,11H,7-8H2,1H3,(H2,18,20,22)/t11-/m0/s1. The van der Waals surface area contributed by atoms with Crippen LogP contribution in [0.25, 0.3) is 0 Å². The van der Waals surface area contributed by atoms with Gasteiger partial charge < -0.3 is 15.2 Å². The molecule has 2 aromatic rings. The van der Waals surface area contributed by atoms with Crippen LogP contribution >= 0.6 is 0 Å². The lowest BCUT2D eigenvalue weighted by atomic mass is 10.1. The molecular formula is C14H15F3N4O2. The van der Waals surface area contributed by atoms with E-state index in [1.54, 1.807) is 37.3 Å². The Bertz CT molecular complexity index is 643. The van der Waals surface area contributed by atoms with Crippen LogP contribution in [0.3, 0.4) is 0 Å². The average molecular weight is 328 g/mol. The number of hydrogen-bond acceptors (Lipinski definition) is 4. The number of urea groups is 1. The molecule has 2 rings (SSSR count). The summed E-state index contributed by atoms with van der Waals surface area (Å²) in [4.78, 5) is 15.5. The number of halogens is 3. The molecule has 1 heterocycles. The summed E-state index contributed by atoms with van der Waals surface area (Å²) in [5.41, 5.74) is 0.476. The van der Waals surface area contributed by atoms with Crippen molar-refractivity contribution in [1.82, 2.24) is 20.8 Å². The molecule has 6 nitrogen and oxygen atoms in total. The fourth-order valence-electron chi connectivity index (χ4n) is 1.88. The average Bonchev–Trinajstić information content (AvgIpc) is 2.90. The van der Waals surface area contributed by atoms with Crippen LogP contribution in [-0.2, 0) is 13.0 Å². The highest BCUT2D eigenvalue weighted by molar-refractivity contribution is 5.74. The van der Waals surface area contributed by atoms with Gasteiger partial charge in [-0.1, -0.05) is 35.5 Å². The van der Waals surface area contributed by atoms with Gasteiger partial charge in [0.05, 0.1) is 6.54 Å². The molecule has 0 aliphatic heterocycles. The van der Waals surface area contributed by atoms with E-state index in [9.17, 15) is 18.0 Å². The van der Waals surface area contributed by atoms with Crippen LogP contribution in [0.4, 0.5) is 18.0 Å². The fraction of sp³-hybridized carbons (Fsp3) is 0.357. The quantitative estimate of drug-likeness (QED) is 0.883. The van der Waals surface area contributed by atoms with Gasteiger partial charge in [0.2, 0.25) is 5.89 Å². The highest BCUT2D eigenvalue weighted by Crippen LogP contribution is 2.23. The molecule has 23 heavy (non-hydrogen) atoms. The van der Waals surface area contributed by atoms with Crippen LogP contribution in [0.1, 0.15) is 17.3 Å². The third-order valence-electron chi connectivity index (χ3n) is 2.96. The molecule has 9 heteroatoms. The molecule has 1 aromatic carbocycles. The maximum absolute atomic E-state index is 13.1. The Labute approximate surface area is 130 Å². The van der Waals surface area contributed by atoms with Gasteiger partial charge in [0.1, 0.15) is 6.04 Å². The van der Waals surface area contributed by atoms with Crippen molar-refractivity contribution in [3.05, 3.63) is 47.6 Å². The molecule has 0 aliphatic rings. The van der Waals surface area contributed by atoms with E-state index in [1.807, 2.05) is 5.32 Å². The molecule has 0 fully saturated rings. The van der Waals surface area contributed by atoms with E-state index in [-0.39, 0.29) is 18.8 Å². The van der Waals surface area contributed by atoms with Crippen LogP contribution < -0.4 is 10.6 Å². The zero-order valence-corrected chi connectivity index (χ0v) is 12.2. The molecule has 0 radical (unpaired) electrons. The van der Waals surface area contributed by atoms with Gasteiger partial charge in [0.15, 0.2) is 5.82 Å². The van der Waals surface area contributed by atoms with Crippen molar-refractivity contribution in [3.8, 4) is 0 Å². The Balaban J connectivity index is 1.93. The topological polar surface area (TPSA) is 80.0 Å². The summed E-state index contributed by atoms with van der Waals surface area (Å²) in [6, 6.07) is 5.19. The van der Waals surface area contributed by atoms with Crippen LogP contribution in [0.2, 0.25) is 0 Å². The van der Waals surface area contributed by atoms with Crippen LogP contribution in [0.15, 0.2) is 34.9 Å². The second-order valence-electron chi connectivity index (χ2n) is 4.84. The minimum Gasteiger partial charge on any atom is -0.340 e. The van der Waals surface area contributed by atoms with Crippen molar-refractivity contribution < 1.29 is 22.5 Å². The first-order valence-electron chi connectivity index (χ1n) is 6.79. The number of hydrogen-bond donors (Lipinski definition) is 2. The second-order valence-corrected chi connectivity index (χ2v) is 4.84. The minimum atomic E-state index is -4.56. The lowest BCUT2D eigenvalue weighted by Gasteiger charge is -2.21. The Morgan fingerprint density at radius 3 is 2.57 bits per heavy atom. The summed E-state index contributed by atoms with van der Waals surface area (Å²) in [5, 5.41) is 7.72. The van der Waals surface area contributed by atoms with E-state index in [2.05, 4.69) is 15.5 Å². The lowest BCUT2D eigenvalue weighted by molar-refractivity contribution is -0.152. The first-order chi connectivity index (χ1) is 10.8. The first kappa shape index (κ1) is 16.8. The largest absolute Gasteiger partial charge is 0.408 e. The van der Waals surface area contributed by atoms with Gasteiger partial charge in [0, 0.05) is 13.3 Å². The Hall–Kier alpha value is -2.58. The molecule has 0 saturated carbocycles. The fourth-order valence-corrected chi connectivity index (χ4v) is 1.88. The maximum Gasteiger partial charge on any atom is 0.408 e. The number of carbonyl (C=O) groups excluding carboxylic acids is 1. The van der Waals surface area contributed by atoms with E-state index >= 15 is 0 Å². The predicted octanol–water partition coefficient (Wildman–Crippen LogP) is 2.35. The number of nitrogens with zero attached hydrogens (tertiary/aromatic N) is 2. The maximum atomic E-state index is 13.1. The summed E-state index contributed by atoms with van der Waals surface area (Å²) in [7, 11) is 0. The third kappa shape index (κ3) is 5.28. The van der Waals surface area contributed by atoms with Crippen molar-refractivity contribution in [1.29, 1.82) is 0 Å². The summed E-state index contributed by atoms with van der Waals surface area (Å²) >= 11 is 0. The van der Waals surface area contributed by atoms with Crippen LogP contribution in [0, 0.1) is 6.92 Å². The molecule has 0 spiro atoms. The van der Waals surface area contributed by atoms with Crippen LogP contribution in [0.5, 0.6) is 0 Å². The van der Waals surface area contributed by atoms with Gasteiger partial charge in [-0.05, 0) is 5.56 Å². The summed E-state index contributed by atoms with van der Waals surface area (Å²) in [6.45, 7) is 1.44. The molecule has 124 valence electrons. The summed E-state index contributed by atoms with van der Waals surface area (Å²) < 4.78 is 43.8. The molecular weight excluding hydrogens is 313 g/mol. The van der Waals surface area contributed by atoms with Crippen LogP contribution in [-0.4, -0.2) is 28.4 Å². The molecule has 0 unspecified atom stereocenters. The van der Waals surface area contributed by atoms with Crippen molar-refractivity contribution in [2.24, 2.45) is 0 Å². The number of aromatic nitrogens is 2. The predicted molar refractivity (Wildman–Crippen MR) is 74.4 cm³/mol. The Morgan fingerprint density at radius 1 is 1.30 bits per heavy atom. The second kappa shape index (κ2) is 7.12. The van der Waals surface area contributed by atoms with Gasteiger partial charge in [-0.2, -0.15) is 18.2 Å². The highest BCUT2D eigenvalue weighted by atomic mass is 19.4. The SMILES string of the molecule is Cc1nc(CNC(=O)N[C@@H](Cc2ccccc2)C(F)(F)F)no1. The highest BCUT2D eigenvalue weighted by Gasteiger charge is 2.40. The monoisotopic (exact) mass is 328 g/mol. The minimum absolute atomic E-state index is 0.126. The lowest BCUT2D eigenvalue weighted by Crippen LogP contribution is -2.50. The first-order valence-corrected chi connectivity index (χ1v) is 6.79. The van der Waals surface area contributed by atoms with Gasteiger partial charge >= 0.3 is 12.2 Å². The van der Waals surface area contributed by atoms with E-state index in [0.29, 0.717) is 11.5 Å². The number of nitrogens with one attached hydrogen (secondary N) is 2. The molecule has 0 bridgehead atoms. The number of carbonyl (C=O) groups is 1. The van der Waals surface area contributed by atoms with E-state index in [0.717, 1.165) is 0 Å². The van der Waals surface area contributed by atoms with Gasteiger partial charge in [-0.3, -0.25) is 0 Å². The van der Waals surface area contributed by atoms with E-state index in [1.165, 1.54) is 0 Å². The van der Waals surface area contributed by atoms with Crippen molar-refractivity contribution in [2.75, 3.05) is 0 Å². The van der Waals surface area contributed by atoms with Crippen molar-refractivity contribution >= 4 is 6.03 Å². The number of benzene rings is 1. The molecule has 0 aliphatic carbocycles. The van der Waals surface area contributed by atoms with Gasteiger partial charge in [0.25, 0.3) is 0 Å². The zero-order chi connectivity index (χ0) is 16.9. The Morgan fingerprint density at radius 2 is 2.00 bits per heavy atom. The zero-order valence-electron chi connectivity index (χ0n) is 12.2. The summed E-state index contributed by atoms with van der Waals surface area (Å²) in [6.07, 6.45) is -4.91. The number of alkyl halides is 3. The molecule has 0 saturated heterocycles. The Kier molecular flexibility index (Phi) is 5.20. The molecule has 2 N–H and O–H groups in total. The van der Waals surface area contributed by atoms with E-state index in [4.69, 9.17) is 4.52 Å². The molecule has 1 atom stereocenters. The number of aryl methyl sites for hydroxylation is 1. The third-order valence-corrected chi connectivity index (χ3v) is 2.96. The van der Waals surface area contributed by atoms with Gasteiger partial charge in [-0.15, -0.1) is 0 Å². The summed E-state index contributed by atoms with van der Waals surface area (Å²) in [5.74, 6) is 0.490. The number of rotatable bonds is 5. The molecule has 2 amide bonds. The van der Waals surface area contributed by atoms with Crippen molar-refractivity contribution in [2.45, 2.75) is 32.1 Å².